The van der Waals surface area contributed by atoms with E-state index in [-0.39, 0.29) is 35.6 Å². The van der Waals surface area contributed by atoms with E-state index in [1.807, 2.05) is 13.8 Å². The number of rotatable bonds is 2. The van der Waals surface area contributed by atoms with Gasteiger partial charge in [-0.3, -0.25) is 14.5 Å². The molecule has 5 heteroatoms. The van der Waals surface area contributed by atoms with E-state index in [1.165, 1.54) is 4.90 Å². The largest absolute Gasteiger partial charge is 0.398 e. The molecule has 2 atom stereocenters. The van der Waals surface area contributed by atoms with Gasteiger partial charge in [-0.05, 0) is 29.2 Å². The van der Waals surface area contributed by atoms with Crippen LogP contribution in [0.1, 0.15) is 19.4 Å². The zero-order chi connectivity index (χ0) is 13.9. The van der Waals surface area contributed by atoms with Crippen LogP contribution in [0.2, 0.25) is 5.02 Å². The van der Waals surface area contributed by atoms with Crippen LogP contribution in [0, 0.1) is 17.3 Å². The Morgan fingerprint density at radius 1 is 1.26 bits per heavy atom. The van der Waals surface area contributed by atoms with E-state index in [4.69, 9.17) is 17.3 Å². The summed E-state index contributed by atoms with van der Waals surface area (Å²) in [4.78, 5) is 25.7. The number of anilines is 1. The number of hydrogen-bond acceptors (Lipinski definition) is 3. The number of nitrogen functional groups attached to an aromatic ring is 1. The van der Waals surface area contributed by atoms with Crippen molar-refractivity contribution in [3.05, 3.63) is 28.8 Å². The minimum Gasteiger partial charge on any atom is -0.398 e. The number of piperidine rings is 1. The first-order chi connectivity index (χ1) is 8.84. The van der Waals surface area contributed by atoms with Crippen LogP contribution in [0.5, 0.6) is 0 Å². The van der Waals surface area contributed by atoms with Gasteiger partial charge in [-0.15, -0.1) is 0 Å². The predicted molar refractivity (Wildman–Crippen MR) is 72.2 cm³/mol. The summed E-state index contributed by atoms with van der Waals surface area (Å²) in [6.45, 7) is 4.14. The summed E-state index contributed by atoms with van der Waals surface area (Å²) in [5, 5.41) is 0.550. The molecular formula is C14H15ClN2O2. The minimum atomic E-state index is -0.176. The van der Waals surface area contributed by atoms with Crippen LogP contribution in [0.15, 0.2) is 18.2 Å². The third-order valence-electron chi connectivity index (χ3n) is 4.32. The number of carbonyl (C=O) groups excluding carboxylic acids is 2. The van der Waals surface area contributed by atoms with Crippen molar-refractivity contribution >= 4 is 29.1 Å². The average molecular weight is 279 g/mol. The van der Waals surface area contributed by atoms with Crippen LogP contribution in [-0.4, -0.2) is 16.7 Å². The Kier molecular flexibility index (Phi) is 2.45. The molecule has 1 saturated heterocycles. The normalized spacial score (nSPS) is 27.6. The smallest absolute Gasteiger partial charge is 0.233 e. The highest BCUT2D eigenvalue weighted by molar-refractivity contribution is 6.30. The van der Waals surface area contributed by atoms with Crippen LogP contribution in [0.25, 0.3) is 0 Å². The maximum atomic E-state index is 12.2. The van der Waals surface area contributed by atoms with Crippen molar-refractivity contribution in [3.63, 3.8) is 0 Å². The number of hydrogen-bond donors (Lipinski definition) is 1. The van der Waals surface area contributed by atoms with Gasteiger partial charge >= 0.3 is 0 Å². The lowest BCUT2D eigenvalue weighted by molar-refractivity contribution is -0.143. The number of amides is 2. The van der Waals surface area contributed by atoms with Gasteiger partial charge in [0.05, 0.1) is 18.4 Å². The Labute approximate surface area is 116 Å². The average Bonchev–Trinajstić information content (AvgIpc) is 2.80. The van der Waals surface area contributed by atoms with Crippen LogP contribution in [0.4, 0.5) is 5.69 Å². The predicted octanol–water partition coefficient (Wildman–Crippen LogP) is 2.06. The van der Waals surface area contributed by atoms with E-state index in [2.05, 4.69) is 0 Å². The second kappa shape index (κ2) is 3.73. The van der Waals surface area contributed by atoms with Gasteiger partial charge in [-0.25, -0.2) is 0 Å². The molecule has 1 heterocycles. The van der Waals surface area contributed by atoms with E-state index < -0.39 is 0 Å². The molecule has 1 aliphatic carbocycles. The highest BCUT2D eigenvalue weighted by atomic mass is 35.5. The molecule has 2 amide bonds. The van der Waals surface area contributed by atoms with E-state index in [9.17, 15) is 9.59 Å². The maximum absolute atomic E-state index is 12.2. The molecule has 2 fully saturated rings. The standard InChI is InChI=1S/C14H15ClN2O2/c1-14(2)10-11(14)13(19)17(12(10)18)6-7-5-8(15)3-4-9(7)16/h3-5,10-11H,6,16H2,1-2H3. The van der Waals surface area contributed by atoms with E-state index in [1.54, 1.807) is 18.2 Å². The fraction of sp³-hybridized carbons (Fsp3) is 0.429. The van der Waals surface area contributed by atoms with Crippen LogP contribution in [0.3, 0.4) is 0 Å². The summed E-state index contributed by atoms with van der Waals surface area (Å²) in [7, 11) is 0. The summed E-state index contributed by atoms with van der Waals surface area (Å²) < 4.78 is 0. The zero-order valence-electron chi connectivity index (χ0n) is 10.8. The first kappa shape index (κ1) is 12.5. The lowest BCUT2D eigenvalue weighted by atomic mass is 10.0. The van der Waals surface area contributed by atoms with Gasteiger partial charge in [0.1, 0.15) is 0 Å². The molecule has 2 aliphatic rings. The molecule has 0 radical (unpaired) electrons. The summed E-state index contributed by atoms with van der Waals surface area (Å²) >= 11 is 5.91. The van der Waals surface area contributed by atoms with Gasteiger partial charge in [0.15, 0.2) is 0 Å². The second-order valence-corrected chi connectivity index (χ2v) is 6.32. The number of halogens is 1. The quantitative estimate of drug-likeness (QED) is 0.665. The van der Waals surface area contributed by atoms with E-state index in [0.29, 0.717) is 16.3 Å². The Morgan fingerprint density at radius 3 is 2.42 bits per heavy atom. The molecule has 2 N–H and O–H groups in total. The van der Waals surface area contributed by atoms with E-state index >= 15 is 0 Å². The molecule has 100 valence electrons. The number of nitrogens with two attached hydrogens (primary N) is 1. The topological polar surface area (TPSA) is 63.4 Å². The molecular weight excluding hydrogens is 264 g/mol. The summed E-state index contributed by atoms with van der Waals surface area (Å²) in [5.74, 6) is -0.473. The van der Waals surface area contributed by atoms with Gasteiger partial charge in [-0.1, -0.05) is 25.4 Å². The van der Waals surface area contributed by atoms with Crippen molar-refractivity contribution < 1.29 is 9.59 Å². The molecule has 0 bridgehead atoms. The fourth-order valence-corrected chi connectivity index (χ4v) is 3.24. The molecule has 0 aromatic heterocycles. The Hall–Kier alpha value is -1.55. The van der Waals surface area contributed by atoms with Gasteiger partial charge in [0.25, 0.3) is 0 Å². The van der Waals surface area contributed by atoms with Crippen molar-refractivity contribution in [2.24, 2.45) is 17.3 Å². The van der Waals surface area contributed by atoms with Crippen LogP contribution >= 0.6 is 11.6 Å². The summed E-state index contributed by atoms with van der Waals surface area (Å²) in [6, 6.07) is 5.08. The lowest BCUT2D eigenvalue weighted by Gasteiger charge is -2.21. The van der Waals surface area contributed by atoms with Crippen LogP contribution < -0.4 is 5.73 Å². The zero-order valence-corrected chi connectivity index (χ0v) is 11.6. The molecule has 1 saturated carbocycles. The maximum Gasteiger partial charge on any atom is 0.233 e. The van der Waals surface area contributed by atoms with Crippen molar-refractivity contribution in [2.45, 2.75) is 20.4 Å². The Morgan fingerprint density at radius 2 is 1.84 bits per heavy atom. The molecule has 0 spiro atoms. The molecule has 4 nitrogen and oxygen atoms in total. The summed E-state index contributed by atoms with van der Waals surface area (Å²) in [6.07, 6.45) is 0. The lowest BCUT2D eigenvalue weighted by Crippen LogP contribution is -2.35. The number of likely N-dealkylation sites (tertiary alicyclic amines) is 1. The first-order valence-electron chi connectivity index (χ1n) is 6.23. The van der Waals surface area contributed by atoms with Gasteiger partial charge in [0.2, 0.25) is 11.8 Å². The molecule has 19 heavy (non-hydrogen) atoms. The Bertz CT molecular complexity index is 573. The minimum absolute atomic E-state index is 0.0839. The number of benzene rings is 1. The second-order valence-electron chi connectivity index (χ2n) is 5.88. The molecule has 1 aliphatic heterocycles. The van der Waals surface area contributed by atoms with Crippen LogP contribution in [-0.2, 0) is 16.1 Å². The highest BCUT2D eigenvalue weighted by Crippen LogP contribution is 2.63. The first-order valence-corrected chi connectivity index (χ1v) is 6.61. The van der Waals surface area contributed by atoms with Crippen molar-refractivity contribution in [1.82, 2.24) is 4.90 Å². The molecule has 2 unspecified atom stereocenters. The third-order valence-corrected chi connectivity index (χ3v) is 4.56. The summed E-state index contributed by atoms with van der Waals surface area (Å²) in [5.41, 5.74) is 6.94. The Balaban J connectivity index is 1.85. The fourth-order valence-electron chi connectivity index (χ4n) is 3.04. The van der Waals surface area contributed by atoms with Gasteiger partial charge < -0.3 is 5.73 Å². The van der Waals surface area contributed by atoms with Gasteiger partial charge in [-0.2, -0.15) is 0 Å². The number of carbonyl (C=O) groups is 2. The van der Waals surface area contributed by atoms with Gasteiger partial charge in [0, 0.05) is 10.7 Å². The van der Waals surface area contributed by atoms with E-state index in [0.717, 1.165) is 0 Å². The van der Waals surface area contributed by atoms with Crippen molar-refractivity contribution in [3.8, 4) is 0 Å². The molecule has 1 aromatic carbocycles. The number of fused-ring (bicyclic) bond motifs is 1. The van der Waals surface area contributed by atoms with Crippen molar-refractivity contribution in [2.75, 3.05) is 5.73 Å². The monoisotopic (exact) mass is 278 g/mol. The molecule has 3 rings (SSSR count). The number of nitrogens with zero attached hydrogens (tertiary/aromatic N) is 1. The number of imide groups is 1. The van der Waals surface area contributed by atoms with Crippen molar-refractivity contribution in [1.29, 1.82) is 0 Å². The highest BCUT2D eigenvalue weighted by Gasteiger charge is 2.72. The SMILES string of the molecule is CC1(C)C2C(=O)N(Cc3cc(Cl)ccc3N)C(=O)C21. The third kappa shape index (κ3) is 1.66. The molecule has 1 aromatic rings.